The number of amides is 2. The number of anilines is 1. The predicted molar refractivity (Wildman–Crippen MR) is 106 cm³/mol. The van der Waals surface area contributed by atoms with Gasteiger partial charge in [-0.2, -0.15) is 0 Å². The first-order valence-electron chi connectivity index (χ1n) is 8.71. The summed E-state index contributed by atoms with van der Waals surface area (Å²) in [6.45, 7) is 1.59. The molecule has 0 unspecified atom stereocenters. The third-order valence-corrected chi connectivity index (χ3v) is 4.51. The van der Waals surface area contributed by atoms with Gasteiger partial charge in [0.1, 0.15) is 12.0 Å². The summed E-state index contributed by atoms with van der Waals surface area (Å²) in [4.78, 5) is 27.3. The molecule has 2 amide bonds. The maximum absolute atomic E-state index is 12.9. The molecule has 0 bridgehead atoms. The van der Waals surface area contributed by atoms with Gasteiger partial charge in [-0.1, -0.05) is 0 Å². The Kier molecular flexibility index (Phi) is 7.31. The molecule has 8 nitrogen and oxygen atoms in total. The van der Waals surface area contributed by atoms with Crippen LogP contribution in [0.3, 0.4) is 0 Å². The van der Waals surface area contributed by atoms with Gasteiger partial charge < -0.3 is 29.8 Å². The minimum Gasteiger partial charge on any atom is -0.493 e. The number of nitrogens with zero attached hydrogens (tertiary/aromatic N) is 1. The highest BCUT2D eigenvalue weighted by atomic mass is 35.5. The summed E-state index contributed by atoms with van der Waals surface area (Å²) in [6, 6.07) is 4.75. The zero-order chi connectivity index (χ0) is 19.4. The molecule has 0 saturated carbocycles. The molecule has 0 spiro atoms. The Morgan fingerprint density at radius 2 is 1.79 bits per heavy atom. The van der Waals surface area contributed by atoms with Crippen LogP contribution in [0.4, 0.5) is 5.69 Å². The minimum atomic E-state index is -0.402. The predicted octanol–water partition coefficient (Wildman–Crippen LogP) is 2.67. The molecule has 2 heterocycles. The van der Waals surface area contributed by atoms with E-state index in [2.05, 4.69) is 5.32 Å². The second-order valence-electron chi connectivity index (χ2n) is 6.21. The maximum Gasteiger partial charge on any atom is 0.258 e. The van der Waals surface area contributed by atoms with E-state index in [4.69, 9.17) is 19.6 Å². The summed E-state index contributed by atoms with van der Waals surface area (Å²) < 4.78 is 15.8. The lowest BCUT2D eigenvalue weighted by atomic mass is 10.1. The number of hydrogen-bond acceptors (Lipinski definition) is 6. The van der Waals surface area contributed by atoms with Crippen LogP contribution in [0.1, 0.15) is 39.3 Å². The SMILES string of the molecule is COc1cc(NC(=O)c2coc(CN)c2)c(C(=O)N2CCCC2)cc1OC.Cl. The average molecular weight is 410 g/mol. The molecular weight excluding hydrogens is 386 g/mol. The molecule has 0 radical (unpaired) electrons. The van der Waals surface area contributed by atoms with Crippen LogP contribution in [0.2, 0.25) is 0 Å². The van der Waals surface area contributed by atoms with Crippen molar-refractivity contribution in [3.8, 4) is 11.5 Å². The summed E-state index contributed by atoms with van der Waals surface area (Å²) in [7, 11) is 3.00. The van der Waals surface area contributed by atoms with Crippen molar-refractivity contribution in [3.63, 3.8) is 0 Å². The highest BCUT2D eigenvalue weighted by Crippen LogP contribution is 2.34. The lowest BCUT2D eigenvalue weighted by molar-refractivity contribution is 0.0793. The number of furan rings is 1. The van der Waals surface area contributed by atoms with Gasteiger partial charge in [0.05, 0.1) is 37.6 Å². The molecule has 1 aromatic heterocycles. The van der Waals surface area contributed by atoms with Crippen LogP contribution in [-0.4, -0.2) is 44.0 Å². The van der Waals surface area contributed by atoms with Crippen LogP contribution < -0.4 is 20.5 Å². The Morgan fingerprint density at radius 3 is 2.36 bits per heavy atom. The number of hydrogen-bond donors (Lipinski definition) is 2. The van der Waals surface area contributed by atoms with Crippen molar-refractivity contribution in [1.29, 1.82) is 0 Å². The molecule has 1 saturated heterocycles. The molecule has 1 aliphatic rings. The van der Waals surface area contributed by atoms with E-state index in [9.17, 15) is 9.59 Å². The fraction of sp³-hybridized carbons (Fsp3) is 0.368. The van der Waals surface area contributed by atoms with E-state index in [1.54, 1.807) is 23.1 Å². The van der Waals surface area contributed by atoms with Gasteiger partial charge in [-0.15, -0.1) is 12.4 Å². The van der Waals surface area contributed by atoms with E-state index in [1.165, 1.54) is 20.5 Å². The lowest BCUT2D eigenvalue weighted by Crippen LogP contribution is -2.29. The quantitative estimate of drug-likeness (QED) is 0.759. The second-order valence-corrected chi connectivity index (χ2v) is 6.21. The van der Waals surface area contributed by atoms with Gasteiger partial charge >= 0.3 is 0 Å². The van der Waals surface area contributed by atoms with Crippen molar-refractivity contribution in [3.05, 3.63) is 41.3 Å². The number of nitrogens with two attached hydrogens (primary N) is 1. The summed E-state index contributed by atoms with van der Waals surface area (Å²) >= 11 is 0. The fourth-order valence-electron chi connectivity index (χ4n) is 3.05. The van der Waals surface area contributed by atoms with Gasteiger partial charge in [-0.05, 0) is 25.0 Å². The molecule has 2 aromatic rings. The second kappa shape index (κ2) is 9.48. The Labute approximate surface area is 169 Å². The fourth-order valence-corrected chi connectivity index (χ4v) is 3.05. The molecule has 1 aromatic carbocycles. The van der Waals surface area contributed by atoms with E-state index < -0.39 is 5.91 Å². The number of rotatable bonds is 6. The van der Waals surface area contributed by atoms with Crippen LogP contribution in [-0.2, 0) is 6.54 Å². The van der Waals surface area contributed by atoms with Gasteiger partial charge in [0.25, 0.3) is 11.8 Å². The number of nitrogens with one attached hydrogen (secondary N) is 1. The van der Waals surface area contributed by atoms with E-state index in [1.807, 2.05) is 0 Å². The van der Waals surface area contributed by atoms with Crippen LogP contribution in [0.15, 0.2) is 28.9 Å². The van der Waals surface area contributed by atoms with Gasteiger partial charge in [0.15, 0.2) is 11.5 Å². The van der Waals surface area contributed by atoms with E-state index in [0.29, 0.717) is 47.2 Å². The molecule has 1 fully saturated rings. The Bertz CT molecular complexity index is 846. The van der Waals surface area contributed by atoms with Crippen molar-refractivity contribution >= 4 is 29.9 Å². The smallest absolute Gasteiger partial charge is 0.258 e. The van der Waals surface area contributed by atoms with Crippen molar-refractivity contribution in [2.24, 2.45) is 5.73 Å². The average Bonchev–Trinajstić information content (AvgIpc) is 3.38. The van der Waals surface area contributed by atoms with Gasteiger partial charge in [-0.3, -0.25) is 9.59 Å². The maximum atomic E-state index is 12.9. The van der Waals surface area contributed by atoms with Gasteiger partial charge in [0.2, 0.25) is 0 Å². The van der Waals surface area contributed by atoms with Gasteiger partial charge in [0, 0.05) is 19.2 Å². The molecule has 0 atom stereocenters. The zero-order valence-electron chi connectivity index (χ0n) is 15.8. The highest BCUT2D eigenvalue weighted by Gasteiger charge is 2.25. The summed E-state index contributed by atoms with van der Waals surface area (Å²) in [5, 5.41) is 2.77. The molecule has 3 rings (SSSR count). The third-order valence-electron chi connectivity index (χ3n) is 4.51. The molecule has 1 aliphatic heterocycles. The molecule has 9 heteroatoms. The van der Waals surface area contributed by atoms with Crippen molar-refractivity contribution < 1.29 is 23.5 Å². The number of carbonyl (C=O) groups is 2. The Morgan fingerprint density at radius 1 is 1.14 bits per heavy atom. The van der Waals surface area contributed by atoms with E-state index in [-0.39, 0.29) is 24.9 Å². The largest absolute Gasteiger partial charge is 0.493 e. The van der Waals surface area contributed by atoms with Crippen molar-refractivity contribution in [1.82, 2.24) is 4.90 Å². The first-order chi connectivity index (χ1) is 13.1. The first-order valence-corrected chi connectivity index (χ1v) is 8.71. The third kappa shape index (κ3) is 4.40. The standard InChI is InChI=1S/C19H23N3O5.ClH/c1-25-16-8-14(19(24)22-5-3-4-6-22)15(9-17(16)26-2)21-18(23)12-7-13(10-20)27-11-12;/h7-9,11H,3-6,10,20H2,1-2H3,(H,21,23);1H. The van der Waals surface area contributed by atoms with Crippen molar-refractivity contribution in [2.45, 2.75) is 19.4 Å². The molecule has 152 valence electrons. The highest BCUT2D eigenvalue weighted by molar-refractivity contribution is 6.09. The van der Waals surface area contributed by atoms with E-state index >= 15 is 0 Å². The first kappa shape index (κ1) is 21.6. The number of carbonyl (C=O) groups excluding carboxylic acids is 2. The normalized spacial score (nSPS) is 13.0. The number of methoxy groups -OCH3 is 2. The zero-order valence-corrected chi connectivity index (χ0v) is 16.6. The Balaban J connectivity index is 0.00000280. The topological polar surface area (TPSA) is 107 Å². The van der Waals surface area contributed by atoms with Gasteiger partial charge in [-0.25, -0.2) is 0 Å². The van der Waals surface area contributed by atoms with Crippen molar-refractivity contribution in [2.75, 3.05) is 32.6 Å². The molecular formula is C19H24ClN3O5. The van der Waals surface area contributed by atoms with Crippen LogP contribution >= 0.6 is 12.4 Å². The summed E-state index contributed by atoms with van der Waals surface area (Å²) in [5.74, 6) is 0.785. The summed E-state index contributed by atoms with van der Waals surface area (Å²) in [5.41, 5.74) is 6.54. The van der Waals surface area contributed by atoms with E-state index in [0.717, 1.165) is 12.8 Å². The molecule has 28 heavy (non-hydrogen) atoms. The monoisotopic (exact) mass is 409 g/mol. The number of ether oxygens (including phenoxy) is 2. The number of benzene rings is 1. The van der Waals surface area contributed by atoms with Crippen LogP contribution in [0.5, 0.6) is 11.5 Å². The van der Waals surface area contributed by atoms with Crippen LogP contribution in [0.25, 0.3) is 0 Å². The number of halogens is 1. The lowest BCUT2D eigenvalue weighted by Gasteiger charge is -2.20. The molecule has 0 aliphatic carbocycles. The number of likely N-dealkylation sites (tertiary alicyclic amines) is 1. The molecule has 3 N–H and O–H groups in total. The summed E-state index contributed by atoms with van der Waals surface area (Å²) in [6.07, 6.45) is 3.27. The van der Waals surface area contributed by atoms with Crippen LogP contribution in [0, 0.1) is 0 Å². The Hall–Kier alpha value is -2.71. The minimum absolute atomic E-state index is 0.